The Bertz CT molecular complexity index is 538. The molecule has 0 N–H and O–H groups in total. The van der Waals surface area contributed by atoms with Crippen molar-refractivity contribution in [1.82, 2.24) is 4.90 Å². The molecule has 0 radical (unpaired) electrons. The summed E-state index contributed by atoms with van der Waals surface area (Å²) >= 11 is 0. The predicted octanol–water partition coefficient (Wildman–Crippen LogP) is 3.29. The van der Waals surface area contributed by atoms with Crippen LogP contribution in [-0.4, -0.2) is 23.8 Å². The van der Waals surface area contributed by atoms with Crippen LogP contribution < -0.4 is 0 Å². The quantitative estimate of drug-likeness (QED) is 0.821. The van der Waals surface area contributed by atoms with E-state index in [2.05, 4.69) is 56.0 Å². The van der Waals surface area contributed by atoms with Crippen molar-refractivity contribution in [3.8, 4) is 0 Å². The van der Waals surface area contributed by atoms with E-state index in [0.717, 1.165) is 25.2 Å². The minimum Gasteiger partial charge on any atom is -0.298 e. The van der Waals surface area contributed by atoms with Crippen molar-refractivity contribution in [2.24, 2.45) is 17.3 Å². The Morgan fingerprint density at radius 2 is 1.85 bits per heavy atom. The van der Waals surface area contributed by atoms with Crippen LogP contribution in [0.5, 0.6) is 0 Å². The number of benzene rings is 1. The summed E-state index contributed by atoms with van der Waals surface area (Å²) in [6.45, 7) is 9.30. The fourth-order valence-corrected chi connectivity index (χ4v) is 3.45. The molecule has 2 atom stereocenters. The number of ketones is 1. The highest BCUT2D eigenvalue weighted by atomic mass is 16.1. The molecule has 3 rings (SSSR count). The molecule has 2 nitrogen and oxygen atoms in total. The standard InChI is InChI=1S/C18H23NO/c1-18(2,3)16-9-14-11-19(12-15(14)17(16)20)10-13-7-5-4-6-8-13/h4-9,14-15H,10-12H2,1-3H3. The van der Waals surface area contributed by atoms with Gasteiger partial charge in [-0.1, -0.05) is 57.2 Å². The fourth-order valence-electron chi connectivity index (χ4n) is 3.45. The Labute approximate surface area is 121 Å². The van der Waals surface area contributed by atoms with Gasteiger partial charge < -0.3 is 0 Å². The molecule has 0 amide bonds. The summed E-state index contributed by atoms with van der Waals surface area (Å²) in [7, 11) is 0. The highest BCUT2D eigenvalue weighted by Gasteiger charge is 2.44. The van der Waals surface area contributed by atoms with Crippen LogP contribution in [0.4, 0.5) is 0 Å². The molecule has 2 heteroatoms. The summed E-state index contributed by atoms with van der Waals surface area (Å²) in [5.41, 5.74) is 2.37. The smallest absolute Gasteiger partial charge is 0.164 e. The average Bonchev–Trinajstić information content (AvgIpc) is 2.90. The van der Waals surface area contributed by atoms with Crippen molar-refractivity contribution in [3.05, 3.63) is 47.5 Å². The van der Waals surface area contributed by atoms with Gasteiger partial charge in [0.2, 0.25) is 0 Å². The van der Waals surface area contributed by atoms with Crippen LogP contribution in [0.15, 0.2) is 42.0 Å². The second kappa shape index (κ2) is 4.85. The molecule has 0 aromatic heterocycles. The van der Waals surface area contributed by atoms with E-state index in [9.17, 15) is 4.79 Å². The molecule has 2 aliphatic rings. The number of carbonyl (C=O) groups is 1. The zero-order chi connectivity index (χ0) is 14.3. The lowest BCUT2D eigenvalue weighted by atomic mass is 9.84. The first-order chi connectivity index (χ1) is 9.45. The third-order valence-electron chi connectivity index (χ3n) is 4.48. The minimum atomic E-state index is -0.00825. The SMILES string of the molecule is CC(C)(C)C1=CC2CN(Cc3ccccc3)CC2C1=O. The van der Waals surface area contributed by atoms with Gasteiger partial charge in [0.25, 0.3) is 0 Å². The van der Waals surface area contributed by atoms with E-state index in [1.165, 1.54) is 5.56 Å². The van der Waals surface area contributed by atoms with Gasteiger partial charge in [-0.3, -0.25) is 9.69 Å². The van der Waals surface area contributed by atoms with E-state index in [0.29, 0.717) is 11.7 Å². The average molecular weight is 269 g/mol. The molecule has 106 valence electrons. The summed E-state index contributed by atoms with van der Waals surface area (Å²) in [6.07, 6.45) is 2.25. The lowest BCUT2D eigenvalue weighted by Crippen LogP contribution is -2.26. The molecule has 1 aromatic carbocycles. The summed E-state index contributed by atoms with van der Waals surface area (Å²) < 4.78 is 0. The zero-order valence-electron chi connectivity index (χ0n) is 12.6. The van der Waals surface area contributed by atoms with Gasteiger partial charge in [0.05, 0.1) is 0 Å². The molecule has 1 aliphatic carbocycles. The lowest BCUT2D eigenvalue weighted by molar-refractivity contribution is -0.119. The van der Waals surface area contributed by atoms with Crippen LogP contribution in [0.3, 0.4) is 0 Å². The first kappa shape index (κ1) is 13.6. The molecular weight excluding hydrogens is 246 g/mol. The summed E-state index contributed by atoms with van der Waals surface area (Å²) in [5.74, 6) is 1.02. The number of carbonyl (C=O) groups excluding carboxylic acids is 1. The fraction of sp³-hybridized carbons (Fsp3) is 0.500. The molecule has 0 bridgehead atoms. The maximum Gasteiger partial charge on any atom is 0.164 e. The van der Waals surface area contributed by atoms with Gasteiger partial charge in [0, 0.05) is 31.5 Å². The maximum absolute atomic E-state index is 12.5. The van der Waals surface area contributed by atoms with Crippen LogP contribution in [0.2, 0.25) is 0 Å². The molecular formula is C18H23NO. The monoisotopic (exact) mass is 269 g/mol. The summed E-state index contributed by atoms with van der Waals surface area (Å²) in [6, 6.07) is 10.5. The number of hydrogen-bond acceptors (Lipinski definition) is 2. The number of allylic oxidation sites excluding steroid dienone is 1. The van der Waals surface area contributed by atoms with Gasteiger partial charge in [-0.25, -0.2) is 0 Å². The number of nitrogens with zero attached hydrogens (tertiary/aromatic N) is 1. The van der Waals surface area contributed by atoms with Gasteiger partial charge >= 0.3 is 0 Å². The van der Waals surface area contributed by atoms with E-state index < -0.39 is 0 Å². The Morgan fingerprint density at radius 3 is 2.45 bits per heavy atom. The van der Waals surface area contributed by atoms with Gasteiger partial charge in [0.1, 0.15) is 0 Å². The first-order valence-corrected chi connectivity index (χ1v) is 7.48. The van der Waals surface area contributed by atoms with Crippen molar-refractivity contribution in [2.45, 2.75) is 27.3 Å². The normalized spacial score (nSPS) is 26.8. The largest absolute Gasteiger partial charge is 0.298 e. The van der Waals surface area contributed by atoms with E-state index in [4.69, 9.17) is 0 Å². The second-order valence-electron chi connectivity index (χ2n) is 7.14. The molecule has 1 aromatic rings. The van der Waals surface area contributed by atoms with Crippen LogP contribution in [-0.2, 0) is 11.3 Å². The number of Topliss-reactive ketones (excluding diaryl/α,β-unsaturated/α-hetero) is 1. The Morgan fingerprint density at radius 1 is 1.15 bits per heavy atom. The summed E-state index contributed by atoms with van der Waals surface area (Å²) in [5, 5.41) is 0. The van der Waals surface area contributed by atoms with Crippen molar-refractivity contribution in [2.75, 3.05) is 13.1 Å². The highest BCUT2D eigenvalue weighted by Crippen LogP contribution is 2.41. The summed E-state index contributed by atoms with van der Waals surface area (Å²) in [4.78, 5) is 15.0. The van der Waals surface area contributed by atoms with Crippen LogP contribution in [0, 0.1) is 17.3 Å². The number of fused-ring (bicyclic) bond motifs is 1. The zero-order valence-corrected chi connectivity index (χ0v) is 12.6. The van der Waals surface area contributed by atoms with E-state index in [-0.39, 0.29) is 11.3 Å². The van der Waals surface area contributed by atoms with Gasteiger partial charge in [0.15, 0.2) is 5.78 Å². The molecule has 0 saturated carbocycles. The van der Waals surface area contributed by atoms with Gasteiger partial charge in [-0.15, -0.1) is 0 Å². The molecule has 1 aliphatic heterocycles. The van der Waals surface area contributed by atoms with Crippen LogP contribution >= 0.6 is 0 Å². The molecule has 1 fully saturated rings. The lowest BCUT2D eigenvalue weighted by Gasteiger charge is -2.22. The van der Waals surface area contributed by atoms with Crippen molar-refractivity contribution in [3.63, 3.8) is 0 Å². The molecule has 20 heavy (non-hydrogen) atoms. The van der Waals surface area contributed by atoms with E-state index in [1.54, 1.807) is 0 Å². The van der Waals surface area contributed by atoms with Crippen LogP contribution in [0.25, 0.3) is 0 Å². The van der Waals surface area contributed by atoms with E-state index in [1.807, 2.05) is 6.07 Å². The number of likely N-dealkylation sites (tertiary alicyclic amines) is 1. The van der Waals surface area contributed by atoms with Crippen molar-refractivity contribution in [1.29, 1.82) is 0 Å². The number of rotatable bonds is 2. The Balaban J connectivity index is 1.70. The van der Waals surface area contributed by atoms with Crippen molar-refractivity contribution >= 4 is 5.78 Å². The predicted molar refractivity (Wildman–Crippen MR) is 81.2 cm³/mol. The van der Waals surface area contributed by atoms with Gasteiger partial charge in [-0.05, 0) is 16.6 Å². The van der Waals surface area contributed by atoms with Crippen LogP contribution in [0.1, 0.15) is 26.3 Å². The maximum atomic E-state index is 12.5. The number of hydrogen-bond donors (Lipinski definition) is 0. The van der Waals surface area contributed by atoms with E-state index >= 15 is 0 Å². The van der Waals surface area contributed by atoms with Crippen molar-refractivity contribution < 1.29 is 4.79 Å². The molecule has 1 heterocycles. The minimum absolute atomic E-state index is 0.00825. The molecule has 2 unspecified atom stereocenters. The third-order valence-corrected chi connectivity index (χ3v) is 4.48. The molecule has 1 saturated heterocycles. The second-order valence-corrected chi connectivity index (χ2v) is 7.14. The Kier molecular flexibility index (Phi) is 3.29. The topological polar surface area (TPSA) is 20.3 Å². The first-order valence-electron chi connectivity index (χ1n) is 7.48. The third kappa shape index (κ3) is 2.45. The highest BCUT2D eigenvalue weighted by molar-refractivity contribution is 6.01. The van der Waals surface area contributed by atoms with Gasteiger partial charge in [-0.2, -0.15) is 0 Å². The Hall–Kier alpha value is -1.41. The molecule has 0 spiro atoms.